The van der Waals surface area contributed by atoms with Crippen LogP contribution in [0.3, 0.4) is 0 Å². The Hall–Kier alpha value is -1.08. The van der Waals surface area contributed by atoms with Crippen LogP contribution in [0.1, 0.15) is 31.6 Å². The first-order valence-electron chi connectivity index (χ1n) is 6.39. The number of nitrogens with zero attached hydrogens (tertiary/aromatic N) is 1. The average Bonchev–Trinajstić information content (AvgIpc) is 2.77. The Morgan fingerprint density at radius 2 is 2.20 bits per heavy atom. The number of carbonyl (C=O) groups is 2. The number of halogens is 1. The molecule has 0 saturated heterocycles. The van der Waals surface area contributed by atoms with Gasteiger partial charge in [-0.15, -0.1) is 11.3 Å². The number of thiophene rings is 1. The lowest BCUT2D eigenvalue weighted by Gasteiger charge is -2.26. The van der Waals surface area contributed by atoms with Gasteiger partial charge in [0.2, 0.25) is 0 Å². The molecule has 1 aromatic heterocycles. The van der Waals surface area contributed by atoms with E-state index in [1.54, 1.807) is 16.2 Å². The summed E-state index contributed by atoms with van der Waals surface area (Å²) in [6.07, 6.45) is 0.542. The van der Waals surface area contributed by atoms with Crippen LogP contribution in [0, 0.1) is 0 Å². The van der Waals surface area contributed by atoms with Crippen LogP contribution >= 0.6 is 27.3 Å². The third-order valence-corrected chi connectivity index (χ3v) is 4.41. The van der Waals surface area contributed by atoms with E-state index in [9.17, 15) is 9.59 Å². The molecule has 0 aliphatic rings. The van der Waals surface area contributed by atoms with Crippen molar-refractivity contribution >= 4 is 39.3 Å². The fraction of sp³-hybridized carbons (Fsp3) is 0.538. The zero-order valence-corrected chi connectivity index (χ0v) is 14.0. The number of carbonyl (C=O) groups excluding carboxylic acids is 1. The summed E-state index contributed by atoms with van der Waals surface area (Å²) in [7, 11) is 0. The molecule has 0 saturated carbocycles. The van der Waals surface area contributed by atoms with E-state index in [0.29, 0.717) is 19.5 Å². The second-order valence-electron chi connectivity index (χ2n) is 4.67. The van der Waals surface area contributed by atoms with Crippen LogP contribution in [0.2, 0.25) is 0 Å². The summed E-state index contributed by atoms with van der Waals surface area (Å²) < 4.78 is 1.01. The Kier molecular flexibility index (Phi) is 7.01. The molecule has 2 N–H and O–H groups in total. The summed E-state index contributed by atoms with van der Waals surface area (Å²) in [6.45, 7) is 4.77. The molecule has 112 valence electrons. The molecule has 0 atom stereocenters. The number of hydrogen-bond donors (Lipinski definition) is 2. The van der Waals surface area contributed by atoms with E-state index in [-0.39, 0.29) is 18.5 Å². The van der Waals surface area contributed by atoms with Crippen molar-refractivity contribution in [2.45, 2.75) is 39.3 Å². The molecule has 1 rings (SSSR count). The van der Waals surface area contributed by atoms with Crippen molar-refractivity contribution in [2.75, 3.05) is 6.54 Å². The molecule has 0 unspecified atom stereocenters. The van der Waals surface area contributed by atoms with Crippen molar-refractivity contribution < 1.29 is 14.7 Å². The first-order valence-corrected chi connectivity index (χ1v) is 8.06. The smallest absolute Gasteiger partial charge is 0.317 e. The highest BCUT2D eigenvalue weighted by atomic mass is 79.9. The first kappa shape index (κ1) is 17.0. The van der Waals surface area contributed by atoms with Gasteiger partial charge in [-0.25, -0.2) is 4.79 Å². The maximum atomic E-state index is 12.1. The van der Waals surface area contributed by atoms with Crippen LogP contribution in [-0.2, 0) is 11.3 Å². The molecule has 0 bridgehead atoms. The third-order valence-electron chi connectivity index (χ3n) is 2.71. The van der Waals surface area contributed by atoms with Gasteiger partial charge in [0, 0.05) is 33.7 Å². The van der Waals surface area contributed by atoms with Crippen LogP contribution in [-0.4, -0.2) is 34.6 Å². The second kappa shape index (κ2) is 8.26. The first-order chi connectivity index (χ1) is 9.40. The summed E-state index contributed by atoms with van der Waals surface area (Å²) in [4.78, 5) is 25.3. The molecule has 0 radical (unpaired) electrons. The fourth-order valence-corrected chi connectivity index (χ4v) is 3.10. The lowest BCUT2D eigenvalue weighted by atomic mass is 10.2. The maximum absolute atomic E-state index is 12.1. The van der Waals surface area contributed by atoms with Crippen LogP contribution < -0.4 is 5.32 Å². The number of carboxylic acids is 1. The minimum Gasteiger partial charge on any atom is -0.481 e. The van der Waals surface area contributed by atoms with Gasteiger partial charge < -0.3 is 15.3 Å². The maximum Gasteiger partial charge on any atom is 0.317 e. The highest BCUT2D eigenvalue weighted by molar-refractivity contribution is 9.10. The summed E-state index contributed by atoms with van der Waals surface area (Å²) in [5.74, 6) is -0.836. The van der Waals surface area contributed by atoms with Gasteiger partial charge in [0.05, 0.1) is 6.54 Å². The van der Waals surface area contributed by atoms with Crippen molar-refractivity contribution in [1.29, 1.82) is 0 Å². The number of rotatable bonds is 7. The fourth-order valence-electron chi connectivity index (χ4n) is 1.71. The van der Waals surface area contributed by atoms with Crippen molar-refractivity contribution in [2.24, 2.45) is 0 Å². The van der Waals surface area contributed by atoms with Gasteiger partial charge in [0.1, 0.15) is 0 Å². The van der Waals surface area contributed by atoms with E-state index < -0.39 is 5.97 Å². The molecule has 1 heterocycles. The van der Waals surface area contributed by atoms with Crippen molar-refractivity contribution in [1.82, 2.24) is 10.2 Å². The molecule has 1 aromatic rings. The van der Waals surface area contributed by atoms with Crippen LogP contribution in [0.4, 0.5) is 4.79 Å². The molecule has 0 aliphatic heterocycles. The van der Waals surface area contributed by atoms with Crippen LogP contribution in [0.25, 0.3) is 0 Å². The van der Waals surface area contributed by atoms with Gasteiger partial charge in [-0.2, -0.15) is 0 Å². The molecule has 0 aliphatic carbocycles. The number of carboxylic acid groups (broad SMARTS) is 1. The van der Waals surface area contributed by atoms with Crippen molar-refractivity contribution in [3.63, 3.8) is 0 Å². The SMILES string of the molecule is CC(C)N(CCCC(=O)O)C(=O)NCc1cc(Br)cs1. The highest BCUT2D eigenvalue weighted by Crippen LogP contribution is 2.19. The molecule has 2 amide bonds. The minimum atomic E-state index is -0.836. The van der Waals surface area contributed by atoms with Gasteiger partial charge in [-0.05, 0) is 42.3 Å². The van der Waals surface area contributed by atoms with Gasteiger partial charge in [-0.1, -0.05) is 0 Å². The van der Waals surface area contributed by atoms with E-state index in [0.717, 1.165) is 9.35 Å². The average molecular weight is 363 g/mol. The quantitative estimate of drug-likeness (QED) is 0.781. The van der Waals surface area contributed by atoms with Gasteiger partial charge in [-0.3, -0.25) is 4.79 Å². The zero-order valence-electron chi connectivity index (χ0n) is 11.6. The highest BCUT2D eigenvalue weighted by Gasteiger charge is 2.16. The van der Waals surface area contributed by atoms with Gasteiger partial charge in [0.25, 0.3) is 0 Å². The van der Waals surface area contributed by atoms with Crippen LogP contribution in [0.15, 0.2) is 15.9 Å². The molecule has 0 fully saturated rings. The van der Waals surface area contributed by atoms with Crippen molar-refractivity contribution in [3.8, 4) is 0 Å². The number of nitrogens with one attached hydrogen (secondary N) is 1. The topological polar surface area (TPSA) is 69.6 Å². The van der Waals surface area contributed by atoms with E-state index >= 15 is 0 Å². The van der Waals surface area contributed by atoms with Crippen LogP contribution in [0.5, 0.6) is 0 Å². The number of hydrogen-bond acceptors (Lipinski definition) is 3. The summed E-state index contributed by atoms with van der Waals surface area (Å²) in [5.41, 5.74) is 0. The lowest BCUT2D eigenvalue weighted by Crippen LogP contribution is -2.44. The van der Waals surface area contributed by atoms with E-state index in [1.165, 1.54) is 0 Å². The monoisotopic (exact) mass is 362 g/mol. The normalized spacial score (nSPS) is 10.6. The Morgan fingerprint density at radius 3 is 2.70 bits per heavy atom. The molecule has 0 spiro atoms. The Labute approximate surface area is 131 Å². The molecular weight excluding hydrogens is 344 g/mol. The number of urea groups is 1. The second-order valence-corrected chi connectivity index (χ2v) is 6.59. The predicted molar refractivity (Wildman–Crippen MR) is 83.0 cm³/mol. The Balaban J connectivity index is 2.45. The van der Waals surface area contributed by atoms with Crippen molar-refractivity contribution in [3.05, 3.63) is 20.8 Å². The minimum absolute atomic E-state index is 0.0406. The molecular formula is C13H19BrN2O3S. The Morgan fingerprint density at radius 1 is 1.50 bits per heavy atom. The van der Waals surface area contributed by atoms with Gasteiger partial charge >= 0.3 is 12.0 Å². The third kappa shape index (κ3) is 5.92. The number of amides is 2. The molecule has 0 aromatic carbocycles. The predicted octanol–water partition coefficient (Wildman–Crippen LogP) is 3.30. The summed E-state index contributed by atoms with van der Waals surface area (Å²) in [5, 5.41) is 13.5. The summed E-state index contributed by atoms with van der Waals surface area (Å²) >= 11 is 4.95. The van der Waals surface area contributed by atoms with E-state index in [1.807, 2.05) is 25.3 Å². The lowest BCUT2D eigenvalue weighted by molar-refractivity contribution is -0.137. The summed E-state index contributed by atoms with van der Waals surface area (Å²) in [6, 6.07) is 1.85. The van der Waals surface area contributed by atoms with E-state index in [4.69, 9.17) is 5.11 Å². The molecule has 7 heteroatoms. The van der Waals surface area contributed by atoms with E-state index in [2.05, 4.69) is 21.2 Å². The largest absolute Gasteiger partial charge is 0.481 e. The standard InChI is InChI=1S/C13H19BrN2O3S/c1-9(2)16(5-3-4-12(17)18)13(19)15-7-11-6-10(14)8-20-11/h6,8-9H,3-5,7H2,1-2H3,(H,15,19)(H,17,18). The zero-order chi connectivity index (χ0) is 15.1. The molecule has 5 nitrogen and oxygen atoms in total. The Bertz CT molecular complexity index is 462. The number of aliphatic carboxylic acids is 1. The van der Waals surface area contributed by atoms with Gasteiger partial charge in [0.15, 0.2) is 0 Å². The molecule has 20 heavy (non-hydrogen) atoms.